The van der Waals surface area contributed by atoms with E-state index in [1.54, 1.807) is 32.0 Å². The number of carbonyl (C=O) groups is 2. The van der Waals surface area contributed by atoms with Crippen LogP contribution in [-0.2, 0) is 24.3 Å². The largest absolute Gasteiger partial charge is 0.452 e. The number of anilines is 1. The molecule has 0 radical (unpaired) electrons. The maximum absolute atomic E-state index is 13.0. The molecule has 2 aromatic rings. The zero-order valence-electron chi connectivity index (χ0n) is 17.8. The van der Waals surface area contributed by atoms with Crippen LogP contribution in [0.15, 0.2) is 41.3 Å². The van der Waals surface area contributed by atoms with Crippen LogP contribution in [0.3, 0.4) is 0 Å². The van der Waals surface area contributed by atoms with Gasteiger partial charge in [-0.25, -0.2) is 13.2 Å². The summed E-state index contributed by atoms with van der Waals surface area (Å²) in [6, 6.07) is 10.1. The molecule has 1 aliphatic rings. The summed E-state index contributed by atoms with van der Waals surface area (Å²) < 4.78 is 37.7. The monoisotopic (exact) mass is 446 g/mol. The highest BCUT2D eigenvalue weighted by atomic mass is 32.2. The van der Waals surface area contributed by atoms with Crippen molar-refractivity contribution in [2.24, 2.45) is 0 Å². The number of benzene rings is 2. The van der Waals surface area contributed by atoms with Gasteiger partial charge in [0.1, 0.15) is 0 Å². The third-order valence-electron chi connectivity index (χ3n) is 5.01. The van der Waals surface area contributed by atoms with Gasteiger partial charge in [-0.1, -0.05) is 23.8 Å². The number of amides is 1. The van der Waals surface area contributed by atoms with E-state index in [-0.39, 0.29) is 18.0 Å². The summed E-state index contributed by atoms with van der Waals surface area (Å²) in [5.41, 5.74) is 2.96. The Kier molecular flexibility index (Phi) is 7.09. The Morgan fingerprint density at radius 1 is 1.03 bits per heavy atom. The number of sulfonamides is 1. The Hall–Kier alpha value is -2.75. The van der Waals surface area contributed by atoms with Crippen molar-refractivity contribution in [1.29, 1.82) is 0 Å². The molecule has 8 nitrogen and oxygen atoms in total. The lowest BCUT2D eigenvalue weighted by atomic mass is 10.1. The number of aryl methyl sites for hydroxylation is 3. The number of nitrogens with one attached hydrogen (secondary N) is 1. The van der Waals surface area contributed by atoms with Gasteiger partial charge in [0, 0.05) is 18.8 Å². The highest BCUT2D eigenvalue weighted by Crippen LogP contribution is 2.24. The Morgan fingerprint density at radius 3 is 2.42 bits per heavy atom. The molecule has 0 aromatic heterocycles. The third kappa shape index (κ3) is 5.49. The third-order valence-corrected chi connectivity index (χ3v) is 7.05. The van der Waals surface area contributed by atoms with Crippen LogP contribution >= 0.6 is 0 Å². The van der Waals surface area contributed by atoms with Gasteiger partial charge in [-0.05, 0) is 50.1 Å². The normalized spacial score (nSPS) is 14.8. The number of hydrogen-bond donors (Lipinski definition) is 1. The van der Waals surface area contributed by atoms with Crippen molar-refractivity contribution in [2.75, 3.05) is 38.2 Å². The van der Waals surface area contributed by atoms with E-state index in [0.29, 0.717) is 30.0 Å². The summed E-state index contributed by atoms with van der Waals surface area (Å²) in [6.45, 7) is 6.14. The minimum atomic E-state index is -3.70. The molecule has 1 aliphatic heterocycles. The smallest absolute Gasteiger partial charge is 0.338 e. The number of esters is 1. The van der Waals surface area contributed by atoms with Crippen LogP contribution in [0.1, 0.15) is 27.0 Å². The maximum atomic E-state index is 13.0. The Morgan fingerprint density at radius 2 is 1.71 bits per heavy atom. The van der Waals surface area contributed by atoms with Gasteiger partial charge in [0.15, 0.2) is 6.61 Å². The van der Waals surface area contributed by atoms with E-state index in [0.717, 1.165) is 11.1 Å². The first-order valence-electron chi connectivity index (χ1n) is 9.91. The van der Waals surface area contributed by atoms with Crippen LogP contribution in [0.5, 0.6) is 0 Å². The molecule has 1 heterocycles. The van der Waals surface area contributed by atoms with E-state index in [9.17, 15) is 18.0 Å². The molecule has 1 N–H and O–H groups in total. The quantitative estimate of drug-likeness (QED) is 0.684. The van der Waals surface area contributed by atoms with Crippen molar-refractivity contribution in [2.45, 2.75) is 25.7 Å². The second kappa shape index (κ2) is 9.59. The Labute approximate surface area is 182 Å². The molecule has 0 spiro atoms. The van der Waals surface area contributed by atoms with E-state index in [1.165, 1.54) is 10.4 Å². The molecule has 2 aromatic carbocycles. The molecular weight excluding hydrogens is 420 g/mol. The van der Waals surface area contributed by atoms with Crippen LogP contribution in [0.25, 0.3) is 0 Å². The molecule has 166 valence electrons. The molecule has 0 bridgehead atoms. The summed E-state index contributed by atoms with van der Waals surface area (Å²) in [5.74, 6) is -1.15. The van der Waals surface area contributed by atoms with Gasteiger partial charge in [0.05, 0.1) is 23.7 Å². The fraction of sp³-hybridized carbons (Fsp3) is 0.364. The fourth-order valence-electron chi connectivity index (χ4n) is 3.24. The molecule has 31 heavy (non-hydrogen) atoms. The van der Waals surface area contributed by atoms with Crippen LogP contribution in [0.2, 0.25) is 0 Å². The SMILES string of the molecule is Cc1ccc(C)c(C(=O)OCC(=O)Nc2ccc(C)c(S(=O)(=O)N3CCOCC3)c2)c1. The zero-order valence-corrected chi connectivity index (χ0v) is 18.6. The van der Waals surface area contributed by atoms with E-state index < -0.39 is 28.5 Å². The number of nitrogens with zero attached hydrogens (tertiary/aromatic N) is 1. The van der Waals surface area contributed by atoms with Gasteiger partial charge >= 0.3 is 5.97 Å². The standard InChI is InChI=1S/C22H26N2O6S/c1-15-4-5-16(2)19(12-15)22(26)30-14-21(25)23-18-7-6-17(3)20(13-18)31(27,28)24-8-10-29-11-9-24/h4-7,12-13H,8-11,14H2,1-3H3,(H,23,25). The average molecular weight is 447 g/mol. The molecule has 1 amide bonds. The van der Waals surface area contributed by atoms with Gasteiger partial charge in [-0.15, -0.1) is 0 Å². The molecule has 0 saturated carbocycles. The summed E-state index contributed by atoms with van der Waals surface area (Å²) >= 11 is 0. The summed E-state index contributed by atoms with van der Waals surface area (Å²) in [5, 5.41) is 2.59. The van der Waals surface area contributed by atoms with Crippen molar-refractivity contribution in [3.05, 3.63) is 58.7 Å². The van der Waals surface area contributed by atoms with Crippen molar-refractivity contribution < 1.29 is 27.5 Å². The van der Waals surface area contributed by atoms with Crippen molar-refractivity contribution in [3.8, 4) is 0 Å². The zero-order chi connectivity index (χ0) is 22.6. The Bertz CT molecular complexity index is 1090. The van der Waals surface area contributed by atoms with Gasteiger partial charge in [-0.2, -0.15) is 4.31 Å². The predicted molar refractivity (Wildman–Crippen MR) is 116 cm³/mol. The van der Waals surface area contributed by atoms with E-state index in [2.05, 4.69) is 5.32 Å². The summed E-state index contributed by atoms with van der Waals surface area (Å²) in [7, 11) is -3.70. The number of carbonyl (C=O) groups excluding carboxylic acids is 2. The number of ether oxygens (including phenoxy) is 2. The molecule has 0 aliphatic carbocycles. The molecule has 0 unspecified atom stereocenters. The number of hydrogen-bond acceptors (Lipinski definition) is 6. The second-order valence-electron chi connectivity index (χ2n) is 7.44. The van der Waals surface area contributed by atoms with Crippen LogP contribution < -0.4 is 5.32 Å². The topological polar surface area (TPSA) is 102 Å². The first-order valence-corrected chi connectivity index (χ1v) is 11.4. The van der Waals surface area contributed by atoms with E-state index >= 15 is 0 Å². The van der Waals surface area contributed by atoms with Gasteiger partial charge in [0.2, 0.25) is 10.0 Å². The summed E-state index contributed by atoms with van der Waals surface area (Å²) in [6.07, 6.45) is 0. The molecule has 1 fully saturated rings. The van der Waals surface area contributed by atoms with Crippen molar-refractivity contribution in [3.63, 3.8) is 0 Å². The van der Waals surface area contributed by atoms with Gasteiger partial charge in [-0.3, -0.25) is 4.79 Å². The highest BCUT2D eigenvalue weighted by molar-refractivity contribution is 7.89. The first-order chi connectivity index (χ1) is 14.7. The molecule has 3 rings (SSSR count). The van der Waals surface area contributed by atoms with Crippen molar-refractivity contribution in [1.82, 2.24) is 4.31 Å². The van der Waals surface area contributed by atoms with Crippen LogP contribution in [-0.4, -0.2) is 57.5 Å². The average Bonchev–Trinajstić information content (AvgIpc) is 2.75. The van der Waals surface area contributed by atoms with Crippen molar-refractivity contribution >= 4 is 27.6 Å². The molecule has 9 heteroatoms. The summed E-state index contributed by atoms with van der Waals surface area (Å²) in [4.78, 5) is 24.7. The fourth-order valence-corrected chi connectivity index (χ4v) is 4.90. The highest BCUT2D eigenvalue weighted by Gasteiger charge is 2.28. The Balaban J connectivity index is 1.67. The number of morpholine rings is 1. The lowest BCUT2D eigenvalue weighted by Gasteiger charge is -2.26. The lowest BCUT2D eigenvalue weighted by Crippen LogP contribution is -2.40. The lowest BCUT2D eigenvalue weighted by molar-refractivity contribution is -0.119. The predicted octanol–water partition coefficient (Wildman–Crippen LogP) is 2.43. The molecule has 1 saturated heterocycles. The molecular formula is C22H26N2O6S. The second-order valence-corrected chi connectivity index (χ2v) is 9.35. The minimum Gasteiger partial charge on any atom is -0.452 e. The van der Waals surface area contributed by atoms with Crippen LogP contribution in [0.4, 0.5) is 5.69 Å². The van der Waals surface area contributed by atoms with Gasteiger partial charge < -0.3 is 14.8 Å². The van der Waals surface area contributed by atoms with Crippen LogP contribution in [0, 0.1) is 20.8 Å². The van der Waals surface area contributed by atoms with E-state index in [1.807, 2.05) is 19.1 Å². The number of rotatable bonds is 6. The molecule has 0 atom stereocenters. The maximum Gasteiger partial charge on any atom is 0.338 e. The first kappa shape index (κ1) is 22.9. The van der Waals surface area contributed by atoms with Gasteiger partial charge in [0.25, 0.3) is 5.91 Å². The van der Waals surface area contributed by atoms with E-state index in [4.69, 9.17) is 9.47 Å². The minimum absolute atomic E-state index is 0.125.